The average molecular weight is 368 g/mol. The minimum Gasteiger partial charge on any atom is -0.394 e. The van der Waals surface area contributed by atoms with Gasteiger partial charge in [-0.2, -0.15) is 5.10 Å². The number of nitrogens with one attached hydrogen (secondary N) is 1. The van der Waals surface area contributed by atoms with Crippen molar-refractivity contribution in [2.75, 3.05) is 12.0 Å². The quantitative estimate of drug-likeness (QED) is 0.307. The number of aliphatic hydroxyl groups excluding tert-OH is 4. The van der Waals surface area contributed by atoms with Crippen LogP contribution < -0.4 is 5.43 Å². The van der Waals surface area contributed by atoms with Crippen LogP contribution >= 0.6 is 0 Å². The molecule has 8 nitrogen and oxygen atoms in total. The molecule has 3 aromatic rings. The van der Waals surface area contributed by atoms with Crippen molar-refractivity contribution in [3.63, 3.8) is 0 Å². The van der Waals surface area contributed by atoms with E-state index in [0.717, 1.165) is 22.7 Å². The zero-order chi connectivity index (χ0) is 19.2. The largest absolute Gasteiger partial charge is 0.394 e. The lowest BCUT2D eigenvalue weighted by molar-refractivity contribution is -0.0541. The van der Waals surface area contributed by atoms with Gasteiger partial charge in [0.25, 0.3) is 0 Å². The number of para-hydroxylation sites is 1. The second-order valence-electron chi connectivity index (χ2n) is 5.90. The Kier molecular flexibility index (Phi) is 6.05. The molecule has 0 unspecified atom stereocenters. The summed E-state index contributed by atoms with van der Waals surface area (Å²) in [5, 5.41) is 42.2. The molecule has 0 amide bonds. The van der Waals surface area contributed by atoms with Crippen LogP contribution in [0.5, 0.6) is 0 Å². The number of benzene rings is 2. The Labute approximate surface area is 155 Å². The number of aliphatic hydroxyl groups is 4. The lowest BCUT2D eigenvalue weighted by Gasteiger charge is -2.18. The van der Waals surface area contributed by atoms with Crippen LogP contribution in [0.15, 0.2) is 59.7 Å². The van der Waals surface area contributed by atoms with E-state index in [-0.39, 0.29) is 0 Å². The third-order valence-electron chi connectivity index (χ3n) is 3.96. The topological polar surface area (TPSA) is 131 Å². The number of hydrogen-bond acceptors (Lipinski definition) is 8. The van der Waals surface area contributed by atoms with E-state index in [4.69, 9.17) is 5.11 Å². The molecule has 0 fully saturated rings. The monoisotopic (exact) mass is 368 g/mol. The van der Waals surface area contributed by atoms with Crippen molar-refractivity contribution in [2.24, 2.45) is 5.10 Å². The van der Waals surface area contributed by atoms with Crippen LogP contribution in [0, 0.1) is 0 Å². The molecule has 0 bridgehead atoms. The molecule has 3 rings (SSSR count). The first kappa shape index (κ1) is 18.9. The van der Waals surface area contributed by atoms with Crippen molar-refractivity contribution >= 4 is 22.9 Å². The number of hydrazone groups is 1. The summed E-state index contributed by atoms with van der Waals surface area (Å²) in [7, 11) is 0. The maximum atomic E-state index is 9.80. The average Bonchev–Trinajstić information content (AvgIpc) is 2.72. The lowest BCUT2D eigenvalue weighted by atomic mass is 10.1. The maximum absolute atomic E-state index is 9.80. The molecular formula is C19H20N4O4. The van der Waals surface area contributed by atoms with Gasteiger partial charge in [0, 0.05) is 10.9 Å². The van der Waals surface area contributed by atoms with Crippen molar-refractivity contribution in [1.82, 2.24) is 9.97 Å². The van der Waals surface area contributed by atoms with Crippen molar-refractivity contribution in [3.05, 3.63) is 54.6 Å². The Morgan fingerprint density at radius 3 is 2.41 bits per heavy atom. The SMILES string of the molecule is OC[C@@H](O)[C@@H](O)[C@H](O)/C=N/Nc1nc(-c2ccccc2)nc2ccccc12. The van der Waals surface area contributed by atoms with Crippen molar-refractivity contribution < 1.29 is 20.4 Å². The van der Waals surface area contributed by atoms with Gasteiger partial charge in [-0.3, -0.25) is 5.43 Å². The maximum Gasteiger partial charge on any atom is 0.162 e. The predicted molar refractivity (Wildman–Crippen MR) is 102 cm³/mol. The fourth-order valence-corrected chi connectivity index (χ4v) is 2.48. The molecule has 0 saturated heterocycles. The van der Waals surface area contributed by atoms with E-state index >= 15 is 0 Å². The summed E-state index contributed by atoms with van der Waals surface area (Å²) in [6, 6.07) is 16.9. The van der Waals surface area contributed by atoms with E-state index in [2.05, 4.69) is 20.5 Å². The van der Waals surface area contributed by atoms with Crippen LogP contribution in [-0.2, 0) is 0 Å². The van der Waals surface area contributed by atoms with E-state index in [9.17, 15) is 15.3 Å². The smallest absolute Gasteiger partial charge is 0.162 e. The zero-order valence-corrected chi connectivity index (χ0v) is 14.3. The van der Waals surface area contributed by atoms with Gasteiger partial charge in [-0.1, -0.05) is 42.5 Å². The molecule has 3 atom stereocenters. The molecule has 27 heavy (non-hydrogen) atoms. The molecule has 0 aliphatic carbocycles. The van der Waals surface area contributed by atoms with Crippen LogP contribution in [0.1, 0.15) is 0 Å². The number of hydrogen-bond donors (Lipinski definition) is 5. The molecule has 0 radical (unpaired) electrons. The van der Waals surface area contributed by atoms with Crippen molar-refractivity contribution in [1.29, 1.82) is 0 Å². The Morgan fingerprint density at radius 1 is 0.963 bits per heavy atom. The number of aromatic nitrogens is 2. The van der Waals surface area contributed by atoms with Crippen LogP contribution in [0.25, 0.3) is 22.3 Å². The number of fused-ring (bicyclic) bond motifs is 1. The van der Waals surface area contributed by atoms with Crippen LogP contribution in [0.3, 0.4) is 0 Å². The van der Waals surface area contributed by atoms with Gasteiger partial charge in [0.15, 0.2) is 11.6 Å². The Morgan fingerprint density at radius 2 is 1.67 bits per heavy atom. The summed E-state index contributed by atoms with van der Waals surface area (Å²) in [4.78, 5) is 9.05. The summed E-state index contributed by atoms with van der Waals surface area (Å²) >= 11 is 0. The van der Waals surface area contributed by atoms with E-state index in [0.29, 0.717) is 11.6 Å². The van der Waals surface area contributed by atoms with E-state index in [1.54, 1.807) is 0 Å². The minimum absolute atomic E-state index is 0.431. The molecular weight excluding hydrogens is 348 g/mol. The fraction of sp³-hybridized carbons (Fsp3) is 0.211. The van der Waals surface area contributed by atoms with E-state index in [1.165, 1.54) is 0 Å². The van der Waals surface area contributed by atoms with Gasteiger partial charge in [-0.05, 0) is 12.1 Å². The van der Waals surface area contributed by atoms with E-state index < -0.39 is 24.9 Å². The minimum atomic E-state index is -1.55. The highest BCUT2D eigenvalue weighted by Crippen LogP contribution is 2.24. The predicted octanol–water partition coefficient (Wildman–Crippen LogP) is 0.769. The van der Waals surface area contributed by atoms with Gasteiger partial charge in [-0.15, -0.1) is 0 Å². The highest BCUT2D eigenvalue weighted by atomic mass is 16.4. The third kappa shape index (κ3) is 4.44. The molecule has 5 N–H and O–H groups in total. The van der Waals surface area contributed by atoms with E-state index in [1.807, 2.05) is 54.6 Å². The van der Waals surface area contributed by atoms with Crippen molar-refractivity contribution in [3.8, 4) is 11.4 Å². The summed E-state index contributed by atoms with van der Waals surface area (Å²) in [5.41, 5.74) is 4.31. The fourth-order valence-electron chi connectivity index (χ4n) is 2.48. The first-order valence-electron chi connectivity index (χ1n) is 8.36. The van der Waals surface area contributed by atoms with Gasteiger partial charge in [-0.25, -0.2) is 9.97 Å². The normalized spacial score (nSPS) is 15.0. The van der Waals surface area contributed by atoms with Gasteiger partial charge < -0.3 is 20.4 Å². The Hall–Kier alpha value is -2.91. The number of anilines is 1. The first-order valence-corrected chi connectivity index (χ1v) is 8.36. The highest BCUT2D eigenvalue weighted by Gasteiger charge is 2.22. The molecule has 0 spiro atoms. The van der Waals surface area contributed by atoms with Gasteiger partial charge in [0.2, 0.25) is 0 Å². The molecule has 2 aromatic carbocycles. The molecule has 0 saturated carbocycles. The van der Waals surface area contributed by atoms with Crippen LogP contribution in [-0.4, -0.2) is 61.5 Å². The van der Waals surface area contributed by atoms with Gasteiger partial charge in [0.1, 0.15) is 18.3 Å². The second-order valence-corrected chi connectivity index (χ2v) is 5.90. The first-order chi connectivity index (χ1) is 13.1. The molecule has 8 heteroatoms. The summed E-state index contributed by atoms with van der Waals surface area (Å²) in [5.74, 6) is 0.948. The second kappa shape index (κ2) is 8.65. The Bertz CT molecular complexity index is 920. The van der Waals surface area contributed by atoms with Gasteiger partial charge in [0.05, 0.1) is 18.3 Å². The molecule has 140 valence electrons. The molecule has 1 heterocycles. The summed E-state index contributed by atoms with van der Waals surface area (Å²) in [6.45, 7) is -0.670. The number of rotatable bonds is 7. The lowest BCUT2D eigenvalue weighted by Crippen LogP contribution is -2.40. The summed E-state index contributed by atoms with van der Waals surface area (Å²) in [6.07, 6.45) is -3.44. The molecule has 1 aromatic heterocycles. The Balaban J connectivity index is 1.88. The number of nitrogens with zero attached hydrogens (tertiary/aromatic N) is 3. The van der Waals surface area contributed by atoms with Crippen molar-refractivity contribution in [2.45, 2.75) is 18.3 Å². The third-order valence-corrected chi connectivity index (χ3v) is 3.96. The zero-order valence-electron chi connectivity index (χ0n) is 14.3. The van der Waals surface area contributed by atoms with Crippen LogP contribution in [0.4, 0.5) is 5.82 Å². The van der Waals surface area contributed by atoms with Gasteiger partial charge >= 0.3 is 0 Å². The van der Waals surface area contributed by atoms with Crippen LogP contribution in [0.2, 0.25) is 0 Å². The molecule has 0 aliphatic heterocycles. The highest BCUT2D eigenvalue weighted by molar-refractivity contribution is 5.90. The standard InChI is InChI=1S/C19H20N4O4/c24-11-16(26)17(27)15(25)10-20-23-19-13-8-4-5-9-14(13)21-18(22-19)12-6-2-1-3-7-12/h1-10,15-17,24-27H,11H2,(H,21,22,23)/b20-10+/t15-,16-,17+/m1/s1. The molecule has 0 aliphatic rings. The summed E-state index contributed by atoms with van der Waals surface area (Å²) < 4.78 is 0.